The zero-order valence-corrected chi connectivity index (χ0v) is 15.6. The Kier molecular flexibility index (Phi) is 5.11. The van der Waals surface area contributed by atoms with Crippen molar-refractivity contribution in [3.63, 3.8) is 0 Å². The van der Waals surface area contributed by atoms with Gasteiger partial charge >= 0.3 is 0 Å². The summed E-state index contributed by atoms with van der Waals surface area (Å²) in [6.07, 6.45) is 4.37. The van der Waals surface area contributed by atoms with E-state index in [1.807, 2.05) is 20.0 Å². The number of thiophene rings is 1. The number of nitrogens with zero attached hydrogens (tertiary/aromatic N) is 3. The summed E-state index contributed by atoms with van der Waals surface area (Å²) in [5.41, 5.74) is 3.29. The smallest absolute Gasteiger partial charge is 0.242 e. The van der Waals surface area contributed by atoms with Gasteiger partial charge in [-0.2, -0.15) is 16.4 Å². The highest BCUT2D eigenvalue weighted by Crippen LogP contribution is 2.26. The van der Waals surface area contributed by atoms with Crippen LogP contribution in [-0.4, -0.2) is 20.7 Å². The molecule has 0 aliphatic rings. The van der Waals surface area contributed by atoms with Crippen LogP contribution in [0.1, 0.15) is 32.7 Å². The van der Waals surface area contributed by atoms with Gasteiger partial charge in [-0.05, 0) is 48.7 Å². The van der Waals surface area contributed by atoms with E-state index in [1.165, 1.54) is 10.4 Å². The number of hydrogen-bond acceptors (Lipinski definition) is 5. The third-order valence-corrected chi connectivity index (χ3v) is 5.68. The molecule has 7 heteroatoms. The fraction of sp³-hybridized carbons (Fsp3) is 0.353. The van der Waals surface area contributed by atoms with Crippen molar-refractivity contribution >= 4 is 28.6 Å². The van der Waals surface area contributed by atoms with Gasteiger partial charge in [0, 0.05) is 17.5 Å². The molecule has 0 saturated heterocycles. The van der Waals surface area contributed by atoms with Gasteiger partial charge < -0.3 is 5.32 Å². The van der Waals surface area contributed by atoms with Crippen LogP contribution in [0.5, 0.6) is 0 Å². The molecule has 0 fully saturated rings. The maximum Gasteiger partial charge on any atom is 0.242 e. The van der Waals surface area contributed by atoms with Gasteiger partial charge in [0.05, 0.1) is 17.9 Å². The summed E-state index contributed by atoms with van der Waals surface area (Å²) in [6, 6.07) is 1.98. The van der Waals surface area contributed by atoms with Crippen LogP contribution in [0.15, 0.2) is 29.2 Å². The fourth-order valence-corrected chi connectivity index (χ4v) is 4.09. The molecule has 0 spiro atoms. The van der Waals surface area contributed by atoms with E-state index < -0.39 is 0 Å². The molecule has 3 aromatic rings. The Morgan fingerprint density at radius 1 is 1.38 bits per heavy atom. The lowest BCUT2D eigenvalue weighted by Gasteiger charge is -2.16. The van der Waals surface area contributed by atoms with E-state index in [9.17, 15) is 4.79 Å². The van der Waals surface area contributed by atoms with Crippen LogP contribution in [-0.2, 0) is 17.8 Å². The van der Waals surface area contributed by atoms with Crippen LogP contribution in [0.25, 0.3) is 0 Å². The molecule has 1 unspecified atom stereocenters. The summed E-state index contributed by atoms with van der Waals surface area (Å²) < 4.78 is 1.66. The second-order valence-corrected chi connectivity index (χ2v) is 7.88. The van der Waals surface area contributed by atoms with Crippen molar-refractivity contribution in [2.75, 3.05) is 0 Å². The summed E-state index contributed by atoms with van der Waals surface area (Å²) in [7, 11) is 0. The topological polar surface area (TPSA) is 59.8 Å². The molecule has 0 aliphatic heterocycles. The first kappa shape index (κ1) is 16.9. The predicted octanol–water partition coefficient (Wildman–Crippen LogP) is 3.43. The molecule has 1 amide bonds. The number of amides is 1. The Labute approximate surface area is 149 Å². The Hall–Kier alpha value is -1.99. The SMILES string of the molecule is Cc1cnn(CC(=O)NC(Cc2ccsc2)c2nc(C)c(C)s2)c1. The maximum atomic E-state index is 12.4. The Balaban J connectivity index is 1.74. The van der Waals surface area contributed by atoms with Crippen molar-refractivity contribution in [3.8, 4) is 0 Å². The van der Waals surface area contributed by atoms with Gasteiger partial charge in [0.15, 0.2) is 0 Å². The number of nitrogens with one attached hydrogen (secondary N) is 1. The molecular formula is C17H20N4OS2. The minimum Gasteiger partial charge on any atom is -0.345 e. The van der Waals surface area contributed by atoms with E-state index in [2.05, 4.69) is 39.1 Å². The fourth-order valence-electron chi connectivity index (χ4n) is 2.43. The van der Waals surface area contributed by atoms with E-state index in [0.717, 1.165) is 22.7 Å². The molecule has 0 aromatic carbocycles. The molecule has 0 aliphatic carbocycles. The third kappa shape index (κ3) is 4.10. The first-order chi connectivity index (χ1) is 11.5. The average molecular weight is 361 g/mol. The van der Waals surface area contributed by atoms with Crippen molar-refractivity contribution in [2.24, 2.45) is 0 Å². The summed E-state index contributed by atoms with van der Waals surface area (Å²) in [6.45, 7) is 6.25. The van der Waals surface area contributed by atoms with Crippen LogP contribution in [0.3, 0.4) is 0 Å². The molecule has 1 atom stereocenters. The van der Waals surface area contributed by atoms with Crippen molar-refractivity contribution in [3.05, 3.63) is 55.9 Å². The highest BCUT2D eigenvalue weighted by atomic mass is 32.1. The molecule has 0 saturated carbocycles. The van der Waals surface area contributed by atoms with E-state index >= 15 is 0 Å². The third-order valence-electron chi connectivity index (χ3n) is 3.77. The molecule has 126 valence electrons. The predicted molar refractivity (Wildman–Crippen MR) is 97.5 cm³/mol. The molecular weight excluding hydrogens is 340 g/mol. The lowest BCUT2D eigenvalue weighted by molar-refractivity contribution is -0.122. The molecule has 1 N–H and O–H groups in total. The average Bonchev–Trinajstić information content (AvgIpc) is 3.23. The zero-order valence-electron chi connectivity index (χ0n) is 13.9. The molecule has 0 bridgehead atoms. The van der Waals surface area contributed by atoms with Crippen LogP contribution in [0, 0.1) is 20.8 Å². The summed E-state index contributed by atoms with van der Waals surface area (Å²) in [4.78, 5) is 18.3. The van der Waals surface area contributed by atoms with Crippen molar-refractivity contribution in [1.29, 1.82) is 0 Å². The minimum atomic E-state index is -0.110. The van der Waals surface area contributed by atoms with Crippen LogP contribution in [0.2, 0.25) is 0 Å². The Bertz CT molecular complexity index is 800. The first-order valence-corrected chi connectivity index (χ1v) is 9.50. The molecule has 5 nitrogen and oxygen atoms in total. The number of carbonyl (C=O) groups excluding carboxylic acids is 1. The minimum absolute atomic E-state index is 0.0520. The maximum absolute atomic E-state index is 12.4. The quantitative estimate of drug-likeness (QED) is 0.733. The van der Waals surface area contributed by atoms with Gasteiger partial charge in [-0.15, -0.1) is 11.3 Å². The second kappa shape index (κ2) is 7.27. The first-order valence-electron chi connectivity index (χ1n) is 7.74. The molecule has 3 rings (SSSR count). The lowest BCUT2D eigenvalue weighted by atomic mass is 10.1. The van der Waals surface area contributed by atoms with Gasteiger partial charge in [-0.1, -0.05) is 0 Å². The van der Waals surface area contributed by atoms with E-state index in [-0.39, 0.29) is 18.5 Å². The van der Waals surface area contributed by atoms with Gasteiger partial charge in [0.25, 0.3) is 0 Å². The number of aryl methyl sites for hydroxylation is 3. The molecule has 3 heterocycles. The number of carbonyl (C=O) groups is 1. The summed E-state index contributed by atoms with van der Waals surface area (Å²) in [5, 5.41) is 12.4. The Morgan fingerprint density at radius 3 is 2.79 bits per heavy atom. The number of hydrogen-bond donors (Lipinski definition) is 1. The standard InChI is InChI=1S/C17H20N4OS2/c1-11-7-18-21(8-11)9-16(22)20-15(6-14-4-5-23-10-14)17-19-12(2)13(3)24-17/h4-5,7-8,10,15H,6,9H2,1-3H3,(H,20,22). The summed E-state index contributed by atoms with van der Waals surface area (Å²) >= 11 is 3.32. The van der Waals surface area contributed by atoms with Gasteiger partial charge in [-0.25, -0.2) is 4.98 Å². The second-order valence-electron chi connectivity index (χ2n) is 5.86. The normalized spacial score (nSPS) is 12.3. The molecule has 0 radical (unpaired) electrons. The van der Waals surface area contributed by atoms with Gasteiger partial charge in [-0.3, -0.25) is 9.48 Å². The zero-order chi connectivity index (χ0) is 17.1. The number of rotatable bonds is 6. The molecule has 24 heavy (non-hydrogen) atoms. The molecule has 3 aromatic heterocycles. The van der Waals surface area contributed by atoms with E-state index in [0.29, 0.717) is 0 Å². The van der Waals surface area contributed by atoms with Crippen LogP contribution >= 0.6 is 22.7 Å². The number of aromatic nitrogens is 3. The number of thiazole rings is 1. The highest BCUT2D eigenvalue weighted by Gasteiger charge is 2.20. The van der Waals surface area contributed by atoms with Crippen LogP contribution in [0.4, 0.5) is 0 Å². The van der Waals surface area contributed by atoms with E-state index in [1.54, 1.807) is 33.6 Å². The van der Waals surface area contributed by atoms with Crippen LogP contribution < -0.4 is 5.32 Å². The highest BCUT2D eigenvalue weighted by molar-refractivity contribution is 7.11. The van der Waals surface area contributed by atoms with Gasteiger partial charge in [0.1, 0.15) is 11.6 Å². The monoisotopic (exact) mass is 360 g/mol. The Morgan fingerprint density at radius 2 is 2.21 bits per heavy atom. The van der Waals surface area contributed by atoms with Crippen molar-refractivity contribution < 1.29 is 4.79 Å². The van der Waals surface area contributed by atoms with Crippen molar-refractivity contribution in [1.82, 2.24) is 20.1 Å². The largest absolute Gasteiger partial charge is 0.345 e. The summed E-state index contributed by atoms with van der Waals surface area (Å²) in [5.74, 6) is -0.0520. The van der Waals surface area contributed by atoms with Crippen molar-refractivity contribution in [2.45, 2.75) is 39.8 Å². The van der Waals surface area contributed by atoms with Gasteiger partial charge in [0.2, 0.25) is 5.91 Å². The lowest BCUT2D eigenvalue weighted by Crippen LogP contribution is -2.32. The van der Waals surface area contributed by atoms with E-state index in [4.69, 9.17) is 0 Å².